The van der Waals surface area contributed by atoms with Crippen LogP contribution in [0.3, 0.4) is 0 Å². The average molecular weight is 492 g/mol. The van der Waals surface area contributed by atoms with E-state index in [9.17, 15) is 22.4 Å². The first-order chi connectivity index (χ1) is 16.3. The molecule has 1 fully saturated rings. The smallest absolute Gasteiger partial charge is 0.276 e. The molecule has 1 N–H and O–H groups in total. The quantitative estimate of drug-likeness (QED) is 0.224. The largest absolute Gasteiger partial charge is 0.496 e. The lowest BCUT2D eigenvalue weighted by molar-refractivity contribution is -0.122. The number of nitrogens with one attached hydrogen (secondary N) is 1. The van der Waals surface area contributed by atoms with Crippen LogP contribution < -0.4 is 14.8 Å². The summed E-state index contributed by atoms with van der Waals surface area (Å²) in [6.45, 7) is -0.320. The fraction of sp³-hybridized carbons (Fsp3) is 0.130. The summed E-state index contributed by atoms with van der Waals surface area (Å²) in [6, 6.07) is 8.21. The molecule has 0 saturated carbocycles. The molecule has 1 amide bonds. The van der Waals surface area contributed by atoms with Crippen molar-refractivity contribution in [3.05, 3.63) is 88.5 Å². The van der Waals surface area contributed by atoms with Gasteiger partial charge < -0.3 is 19.2 Å². The molecule has 1 saturated heterocycles. The molecule has 2 heterocycles. The Morgan fingerprint density at radius 3 is 2.50 bits per heavy atom. The Bertz CT molecular complexity index is 1270. The van der Waals surface area contributed by atoms with Crippen molar-refractivity contribution in [2.24, 2.45) is 0 Å². The highest BCUT2D eigenvalue weighted by Gasteiger charge is 2.31. The molecule has 0 spiro atoms. The molecule has 1 aromatic heterocycles. The zero-order chi connectivity index (χ0) is 24.4. The molecule has 2 aromatic carbocycles. The van der Waals surface area contributed by atoms with Crippen LogP contribution in [-0.2, 0) is 17.9 Å². The third-order valence-electron chi connectivity index (χ3n) is 4.92. The molecule has 0 aliphatic carbocycles. The molecule has 6 nitrogen and oxygen atoms in total. The number of carbonyl (C=O) groups excluding carboxylic acids is 1. The van der Waals surface area contributed by atoms with Crippen LogP contribution >= 0.6 is 12.2 Å². The third kappa shape index (κ3) is 4.60. The first-order valence-corrected chi connectivity index (χ1v) is 10.2. The van der Waals surface area contributed by atoms with Crippen LogP contribution in [0.25, 0.3) is 6.08 Å². The summed E-state index contributed by atoms with van der Waals surface area (Å²) in [5.41, 5.74) is 1.00. The van der Waals surface area contributed by atoms with E-state index in [0.29, 0.717) is 22.6 Å². The van der Waals surface area contributed by atoms with Crippen LogP contribution in [0.5, 0.6) is 11.5 Å². The standard InChI is InChI=1S/C23H16F4N2O4S/c1-31-18-5-4-12(7-13(18)11-33-21-19(26)15(24)9-16(25)20(21)27)8-17-22(30)29(23(34)28-17)10-14-3-2-6-32-14/h2-9H,10-11H2,1H3,(H,28,34)/b17-8+. The number of hydrogen-bond donors (Lipinski definition) is 1. The number of rotatable bonds is 7. The van der Waals surface area contributed by atoms with Gasteiger partial charge in [-0.3, -0.25) is 9.69 Å². The van der Waals surface area contributed by atoms with E-state index in [2.05, 4.69) is 5.32 Å². The van der Waals surface area contributed by atoms with Gasteiger partial charge in [0.1, 0.15) is 23.8 Å². The van der Waals surface area contributed by atoms with Crippen molar-refractivity contribution >= 4 is 29.3 Å². The number of halogens is 4. The molecule has 0 unspecified atom stereocenters. The molecule has 176 valence electrons. The predicted molar refractivity (Wildman–Crippen MR) is 117 cm³/mol. The Labute approximate surface area is 196 Å². The monoisotopic (exact) mass is 492 g/mol. The number of ether oxygens (including phenoxy) is 2. The lowest BCUT2D eigenvalue weighted by Gasteiger charge is -2.13. The van der Waals surface area contributed by atoms with E-state index < -0.39 is 35.6 Å². The molecule has 0 atom stereocenters. The summed E-state index contributed by atoms with van der Waals surface area (Å²) in [5.74, 6) is -7.19. The normalized spacial score (nSPS) is 14.6. The number of amides is 1. The molecule has 1 aliphatic heterocycles. The lowest BCUT2D eigenvalue weighted by Crippen LogP contribution is -2.29. The molecule has 1 aliphatic rings. The van der Waals surface area contributed by atoms with E-state index in [4.69, 9.17) is 26.1 Å². The topological polar surface area (TPSA) is 63.9 Å². The van der Waals surface area contributed by atoms with Crippen LogP contribution in [0.1, 0.15) is 16.9 Å². The van der Waals surface area contributed by atoms with Gasteiger partial charge >= 0.3 is 0 Å². The van der Waals surface area contributed by atoms with Gasteiger partial charge in [-0.05, 0) is 48.1 Å². The minimum Gasteiger partial charge on any atom is -0.496 e. The number of furan rings is 1. The van der Waals surface area contributed by atoms with Gasteiger partial charge in [0, 0.05) is 11.6 Å². The molecule has 3 aromatic rings. The zero-order valence-electron chi connectivity index (χ0n) is 17.5. The zero-order valence-corrected chi connectivity index (χ0v) is 18.3. The van der Waals surface area contributed by atoms with Gasteiger partial charge in [-0.1, -0.05) is 6.07 Å². The molecule has 11 heteroatoms. The van der Waals surface area contributed by atoms with Crippen LogP contribution in [-0.4, -0.2) is 23.0 Å². The van der Waals surface area contributed by atoms with Crippen LogP contribution in [0, 0.1) is 23.3 Å². The van der Waals surface area contributed by atoms with Gasteiger partial charge in [-0.2, -0.15) is 8.78 Å². The highest BCUT2D eigenvalue weighted by atomic mass is 32.1. The van der Waals surface area contributed by atoms with Gasteiger partial charge in [0.05, 0.1) is 19.9 Å². The maximum atomic E-state index is 13.9. The second-order valence-electron chi connectivity index (χ2n) is 7.12. The maximum Gasteiger partial charge on any atom is 0.276 e. The average Bonchev–Trinajstić information content (AvgIpc) is 3.42. The molecular weight excluding hydrogens is 476 g/mol. The highest BCUT2D eigenvalue weighted by Crippen LogP contribution is 2.29. The van der Waals surface area contributed by atoms with E-state index in [1.165, 1.54) is 30.4 Å². The molecular formula is C23H16F4N2O4S. The van der Waals surface area contributed by atoms with E-state index in [1.54, 1.807) is 24.3 Å². The molecule has 0 bridgehead atoms. The number of nitrogens with zero attached hydrogens (tertiary/aromatic N) is 1. The fourth-order valence-electron chi connectivity index (χ4n) is 3.27. The first-order valence-electron chi connectivity index (χ1n) is 9.78. The van der Waals surface area contributed by atoms with Crippen LogP contribution in [0.2, 0.25) is 0 Å². The Kier molecular flexibility index (Phi) is 6.55. The Morgan fingerprint density at radius 2 is 1.85 bits per heavy atom. The van der Waals surface area contributed by atoms with Gasteiger partial charge in [0.15, 0.2) is 22.5 Å². The van der Waals surface area contributed by atoms with Gasteiger partial charge in [0.25, 0.3) is 5.91 Å². The van der Waals surface area contributed by atoms with Crippen LogP contribution in [0.15, 0.2) is 52.8 Å². The number of benzene rings is 2. The first kappa shape index (κ1) is 23.3. The summed E-state index contributed by atoms with van der Waals surface area (Å²) in [6.07, 6.45) is 3.00. The second-order valence-corrected chi connectivity index (χ2v) is 7.50. The molecule has 34 heavy (non-hydrogen) atoms. The van der Waals surface area contributed by atoms with Gasteiger partial charge in [0.2, 0.25) is 11.6 Å². The van der Waals surface area contributed by atoms with Crippen molar-refractivity contribution in [3.8, 4) is 11.5 Å². The third-order valence-corrected chi connectivity index (χ3v) is 5.24. The Hall–Kier alpha value is -3.86. The predicted octanol–water partition coefficient (Wildman–Crippen LogP) is 4.68. The van der Waals surface area contributed by atoms with E-state index in [-0.39, 0.29) is 29.3 Å². The molecule has 0 radical (unpaired) electrons. The highest BCUT2D eigenvalue weighted by molar-refractivity contribution is 7.80. The second kappa shape index (κ2) is 9.56. The number of thiocarbonyl (C=S) groups is 1. The number of hydrogen-bond acceptors (Lipinski definition) is 5. The summed E-state index contributed by atoms with van der Waals surface area (Å²) >= 11 is 5.23. The van der Waals surface area contributed by atoms with E-state index in [0.717, 1.165) is 0 Å². The maximum absolute atomic E-state index is 13.9. The lowest BCUT2D eigenvalue weighted by atomic mass is 10.1. The Balaban J connectivity index is 1.57. The van der Waals surface area contributed by atoms with Crippen molar-refractivity contribution < 1.29 is 36.2 Å². The minimum atomic E-state index is -1.65. The summed E-state index contributed by atoms with van der Waals surface area (Å²) < 4.78 is 70.2. The minimum absolute atomic E-state index is 0.0934. The number of carbonyl (C=O) groups is 1. The van der Waals surface area contributed by atoms with Gasteiger partial charge in [-0.25, -0.2) is 8.78 Å². The Morgan fingerprint density at radius 1 is 1.12 bits per heavy atom. The van der Waals surface area contributed by atoms with Crippen LogP contribution in [0.4, 0.5) is 17.6 Å². The number of methoxy groups -OCH3 is 1. The van der Waals surface area contributed by atoms with Gasteiger partial charge in [-0.15, -0.1) is 0 Å². The van der Waals surface area contributed by atoms with Crippen molar-refractivity contribution in [1.29, 1.82) is 0 Å². The summed E-state index contributed by atoms with van der Waals surface area (Å²) in [7, 11) is 1.37. The van der Waals surface area contributed by atoms with Crippen molar-refractivity contribution in [1.82, 2.24) is 10.2 Å². The summed E-state index contributed by atoms with van der Waals surface area (Å²) in [4.78, 5) is 14.1. The van der Waals surface area contributed by atoms with Crippen molar-refractivity contribution in [2.75, 3.05) is 7.11 Å². The molecule has 4 rings (SSSR count). The SMILES string of the molecule is COc1ccc(/C=C2/NC(=S)N(Cc3ccco3)C2=O)cc1COc1c(F)c(F)cc(F)c1F. The van der Waals surface area contributed by atoms with Crippen molar-refractivity contribution in [2.45, 2.75) is 13.2 Å². The van der Waals surface area contributed by atoms with E-state index in [1.807, 2.05) is 0 Å². The van der Waals surface area contributed by atoms with Crippen molar-refractivity contribution in [3.63, 3.8) is 0 Å². The summed E-state index contributed by atoms with van der Waals surface area (Å²) in [5, 5.41) is 3.03. The fourth-order valence-corrected chi connectivity index (χ4v) is 3.53. The van der Waals surface area contributed by atoms with E-state index >= 15 is 0 Å².